The van der Waals surface area contributed by atoms with E-state index in [1.807, 2.05) is 6.07 Å². The Morgan fingerprint density at radius 1 is 1.53 bits per heavy atom. The van der Waals surface area contributed by atoms with E-state index in [2.05, 4.69) is 5.32 Å². The van der Waals surface area contributed by atoms with Crippen LogP contribution < -0.4 is 10.1 Å². The Labute approximate surface area is 88.2 Å². The highest BCUT2D eigenvalue weighted by Gasteiger charge is 2.17. The average Bonchev–Trinajstić information content (AvgIpc) is 2.16. The summed E-state index contributed by atoms with van der Waals surface area (Å²) >= 11 is 0. The van der Waals surface area contributed by atoms with Crippen molar-refractivity contribution >= 4 is 0 Å². The molecular formula is C11H14FNO2. The van der Waals surface area contributed by atoms with Crippen LogP contribution in [0.4, 0.5) is 4.39 Å². The predicted octanol–water partition coefficient (Wildman–Crippen LogP) is 1.32. The van der Waals surface area contributed by atoms with Crippen LogP contribution in [0.2, 0.25) is 0 Å². The molecule has 1 aromatic carbocycles. The standard InChI is InChI=1S/C11H14FNO2/c1-14-11-3-2-8(4-10(11)12)5-13-9-6-15-7-9/h2-4,9,13H,5-7H2,1H3. The van der Waals surface area contributed by atoms with Crippen LogP contribution in [0.1, 0.15) is 5.56 Å². The van der Waals surface area contributed by atoms with E-state index in [1.54, 1.807) is 6.07 Å². The third-order valence-electron chi connectivity index (χ3n) is 2.45. The zero-order chi connectivity index (χ0) is 10.7. The van der Waals surface area contributed by atoms with E-state index in [1.165, 1.54) is 13.2 Å². The summed E-state index contributed by atoms with van der Waals surface area (Å²) in [6.45, 7) is 2.16. The van der Waals surface area contributed by atoms with Crippen LogP contribution in [0.5, 0.6) is 5.75 Å². The monoisotopic (exact) mass is 211 g/mol. The summed E-state index contributed by atoms with van der Waals surface area (Å²) in [6, 6.07) is 5.40. The molecule has 0 amide bonds. The van der Waals surface area contributed by atoms with Gasteiger partial charge in [-0.2, -0.15) is 0 Å². The van der Waals surface area contributed by atoms with Gasteiger partial charge >= 0.3 is 0 Å². The molecule has 4 heteroatoms. The predicted molar refractivity (Wildman–Crippen MR) is 54.4 cm³/mol. The van der Waals surface area contributed by atoms with E-state index in [0.717, 1.165) is 18.8 Å². The smallest absolute Gasteiger partial charge is 0.165 e. The lowest BCUT2D eigenvalue weighted by Crippen LogP contribution is -2.45. The molecule has 0 atom stereocenters. The van der Waals surface area contributed by atoms with Gasteiger partial charge in [-0.05, 0) is 17.7 Å². The number of halogens is 1. The van der Waals surface area contributed by atoms with Crippen LogP contribution in [0.25, 0.3) is 0 Å². The Bertz CT molecular complexity index is 339. The normalized spacial score (nSPS) is 16.1. The van der Waals surface area contributed by atoms with Crippen molar-refractivity contribution in [1.82, 2.24) is 5.32 Å². The first-order chi connectivity index (χ1) is 7.29. The SMILES string of the molecule is COc1ccc(CNC2COC2)cc1F. The van der Waals surface area contributed by atoms with E-state index in [0.29, 0.717) is 12.6 Å². The quantitative estimate of drug-likeness (QED) is 0.814. The maximum absolute atomic E-state index is 13.3. The minimum absolute atomic E-state index is 0.283. The minimum atomic E-state index is -0.318. The Hall–Kier alpha value is -1.13. The second-order valence-electron chi connectivity index (χ2n) is 3.58. The third kappa shape index (κ3) is 2.46. The summed E-state index contributed by atoms with van der Waals surface area (Å²) in [7, 11) is 1.46. The number of rotatable bonds is 4. The van der Waals surface area contributed by atoms with Gasteiger partial charge in [0.2, 0.25) is 0 Å². The fraction of sp³-hybridized carbons (Fsp3) is 0.455. The van der Waals surface area contributed by atoms with Crippen LogP contribution in [-0.4, -0.2) is 26.4 Å². The molecule has 0 aliphatic carbocycles. The molecule has 0 unspecified atom stereocenters. The molecule has 3 nitrogen and oxygen atoms in total. The van der Waals surface area contributed by atoms with Crippen molar-refractivity contribution in [2.75, 3.05) is 20.3 Å². The first-order valence-corrected chi connectivity index (χ1v) is 4.93. The second kappa shape index (κ2) is 4.59. The van der Waals surface area contributed by atoms with Crippen LogP contribution in [0.15, 0.2) is 18.2 Å². The fourth-order valence-electron chi connectivity index (χ4n) is 1.44. The molecule has 1 aromatic rings. The van der Waals surface area contributed by atoms with E-state index in [9.17, 15) is 4.39 Å². The lowest BCUT2D eigenvalue weighted by molar-refractivity contribution is -0.00579. The molecule has 0 saturated carbocycles. The van der Waals surface area contributed by atoms with Gasteiger partial charge in [0.1, 0.15) is 0 Å². The van der Waals surface area contributed by atoms with Gasteiger partial charge in [-0.25, -0.2) is 4.39 Å². The Morgan fingerprint density at radius 2 is 2.33 bits per heavy atom. The van der Waals surface area contributed by atoms with Crippen molar-refractivity contribution in [1.29, 1.82) is 0 Å². The van der Waals surface area contributed by atoms with Crippen molar-refractivity contribution in [2.24, 2.45) is 0 Å². The van der Waals surface area contributed by atoms with Crippen LogP contribution in [0, 0.1) is 5.82 Å². The van der Waals surface area contributed by atoms with Crippen molar-refractivity contribution in [3.63, 3.8) is 0 Å². The molecule has 0 spiro atoms. The van der Waals surface area contributed by atoms with Crippen LogP contribution in [0.3, 0.4) is 0 Å². The highest BCUT2D eigenvalue weighted by atomic mass is 19.1. The molecule has 0 radical (unpaired) electrons. The molecule has 2 rings (SSSR count). The first kappa shape index (κ1) is 10.4. The van der Waals surface area contributed by atoms with E-state index in [-0.39, 0.29) is 11.6 Å². The zero-order valence-corrected chi connectivity index (χ0v) is 8.63. The molecule has 1 aliphatic rings. The number of nitrogens with one attached hydrogen (secondary N) is 1. The van der Waals surface area contributed by atoms with Gasteiger partial charge in [0.15, 0.2) is 11.6 Å². The Kier molecular flexibility index (Phi) is 3.18. The van der Waals surface area contributed by atoms with Gasteiger partial charge in [-0.1, -0.05) is 6.07 Å². The highest BCUT2D eigenvalue weighted by molar-refractivity contribution is 5.29. The number of hydrogen-bond donors (Lipinski definition) is 1. The number of benzene rings is 1. The highest BCUT2D eigenvalue weighted by Crippen LogP contribution is 2.17. The molecule has 1 fully saturated rings. The van der Waals surface area contributed by atoms with E-state index >= 15 is 0 Å². The summed E-state index contributed by atoms with van der Waals surface area (Å²) in [5.41, 5.74) is 0.917. The summed E-state index contributed by atoms with van der Waals surface area (Å²) < 4.78 is 23.2. The zero-order valence-electron chi connectivity index (χ0n) is 8.63. The first-order valence-electron chi connectivity index (χ1n) is 4.93. The van der Waals surface area contributed by atoms with Crippen LogP contribution >= 0.6 is 0 Å². The molecule has 1 saturated heterocycles. The molecule has 1 aliphatic heterocycles. The summed E-state index contributed by atoms with van der Waals surface area (Å²) in [5.74, 6) is -0.0348. The molecular weight excluding hydrogens is 197 g/mol. The third-order valence-corrected chi connectivity index (χ3v) is 2.45. The largest absolute Gasteiger partial charge is 0.494 e. The second-order valence-corrected chi connectivity index (χ2v) is 3.58. The van der Waals surface area contributed by atoms with E-state index < -0.39 is 0 Å². The molecule has 15 heavy (non-hydrogen) atoms. The number of hydrogen-bond acceptors (Lipinski definition) is 3. The Balaban J connectivity index is 1.93. The van der Waals surface area contributed by atoms with Gasteiger partial charge in [0.05, 0.1) is 26.4 Å². The maximum Gasteiger partial charge on any atom is 0.165 e. The summed E-state index contributed by atoms with van der Waals surface area (Å²) in [5, 5.41) is 3.27. The maximum atomic E-state index is 13.3. The van der Waals surface area contributed by atoms with Crippen molar-refractivity contribution in [2.45, 2.75) is 12.6 Å². The topological polar surface area (TPSA) is 30.5 Å². The van der Waals surface area contributed by atoms with Crippen molar-refractivity contribution in [3.05, 3.63) is 29.6 Å². The summed E-state index contributed by atoms with van der Waals surface area (Å²) in [4.78, 5) is 0. The number of ether oxygens (including phenoxy) is 2. The van der Waals surface area contributed by atoms with Gasteiger partial charge in [-0.3, -0.25) is 0 Å². The minimum Gasteiger partial charge on any atom is -0.494 e. The van der Waals surface area contributed by atoms with Crippen molar-refractivity contribution < 1.29 is 13.9 Å². The van der Waals surface area contributed by atoms with Crippen LogP contribution in [-0.2, 0) is 11.3 Å². The van der Waals surface area contributed by atoms with Gasteiger partial charge in [-0.15, -0.1) is 0 Å². The lowest BCUT2D eigenvalue weighted by atomic mass is 10.2. The number of methoxy groups -OCH3 is 1. The van der Waals surface area contributed by atoms with Crippen molar-refractivity contribution in [3.8, 4) is 5.75 Å². The average molecular weight is 211 g/mol. The van der Waals surface area contributed by atoms with Gasteiger partial charge in [0.25, 0.3) is 0 Å². The molecule has 1 N–H and O–H groups in total. The van der Waals surface area contributed by atoms with Gasteiger partial charge < -0.3 is 14.8 Å². The van der Waals surface area contributed by atoms with Gasteiger partial charge in [0, 0.05) is 6.54 Å². The Morgan fingerprint density at radius 3 is 2.87 bits per heavy atom. The summed E-state index contributed by atoms with van der Waals surface area (Å²) in [6.07, 6.45) is 0. The lowest BCUT2D eigenvalue weighted by Gasteiger charge is -2.27. The fourth-order valence-corrected chi connectivity index (χ4v) is 1.44. The molecule has 82 valence electrons. The molecule has 0 aromatic heterocycles. The molecule has 0 bridgehead atoms. The molecule has 1 heterocycles. The van der Waals surface area contributed by atoms with E-state index in [4.69, 9.17) is 9.47 Å².